The Morgan fingerprint density at radius 2 is 1.84 bits per heavy atom. The van der Waals surface area contributed by atoms with Gasteiger partial charge in [-0.3, -0.25) is 4.79 Å². The fraction of sp³-hybridized carbons (Fsp3) is 0.567. The third kappa shape index (κ3) is 6.86. The van der Waals surface area contributed by atoms with Crippen LogP contribution in [-0.4, -0.2) is 18.7 Å². The van der Waals surface area contributed by atoms with Crippen molar-refractivity contribution in [3.8, 4) is 11.5 Å². The van der Waals surface area contributed by atoms with Crippen LogP contribution in [-0.2, 0) is 16.0 Å². The zero-order valence-electron chi connectivity index (χ0n) is 22.4. The molecule has 0 amide bonds. The van der Waals surface area contributed by atoms with Crippen molar-refractivity contribution in [3.05, 3.63) is 59.2 Å². The molecule has 1 aromatic rings. The molecule has 1 fully saturated rings. The summed E-state index contributed by atoms with van der Waals surface area (Å²) in [4.78, 5) is 12.7. The smallest absolute Gasteiger partial charge is 0.314 e. The number of hydrogen-bond acceptors (Lipinski definition) is 4. The number of rotatable bonds is 10. The lowest BCUT2D eigenvalue weighted by molar-refractivity contribution is -0.140. The maximum Gasteiger partial charge on any atom is 0.314 e. The summed E-state index contributed by atoms with van der Waals surface area (Å²) in [6, 6.07) is 1.24. The van der Waals surface area contributed by atoms with E-state index in [1.807, 2.05) is 13.8 Å². The molecule has 4 nitrogen and oxygen atoms in total. The Labute approximate surface area is 218 Å². The average molecular weight is 521 g/mol. The second kappa shape index (κ2) is 12.8. The standard InChI is InChI=1S/C30H39F3O4/c1-7-9-21-10-12-22(13-11-21)30(34)36-24-15-23-14-17(3)28(37-29(23)27(33)26(24)32)25(31)20(6)18(4)16-35-19(5)8-2/h15,18-19,21-22H,3,6-14,16H2,1-2,4-5H3/b28-25-. The largest absolute Gasteiger partial charge is 0.450 e. The van der Waals surface area contributed by atoms with E-state index in [0.29, 0.717) is 18.8 Å². The lowest BCUT2D eigenvalue weighted by atomic mass is 9.80. The summed E-state index contributed by atoms with van der Waals surface area (Å²) >= 11 is 0. The molecule has 2 atom stereocenters. The normalized spacial score (nSPS) is 22.5. The van der Waals surface area contributed by atoms with Crippen LogP contribution in [0.5, 0.6) is 11.5 Å². The zero-order valence-corrected chi connectivity index (χ0v) is 22.4. The van der Waals surface area contributed by atoms with Crippen LogP contribution in [0.3, 0.4) is 0 Å². The quantitative estimate of drug-likeness (QED) is 0.231. The molecule has 37 heavy (non-hydrogen) atoms. The number of allylic oxidation sites excluding steroid dienone is 2. The molecule has 0 N–H and O–H groups in total. The lowest BCUT2D eigenvalue weighted by Crippen LogP contribution is -2.26. The summed E-state index contributed by atoms with van der Waals surface area (Å²) in [6.07, 6.45) is 6.30. The van der Waals surface area contributed by atoms with E-state index in [-0.39, 0.29) is 53.4 Å². The zero-order chi connectivity index (χ0) is 27.3. The number of fused-ring (bicyclic) bond motifs is 1. The van der Waals surface area contributed by atoms with E-state index in [9.17, 15) is 9.18 Å². The Kier molecular flexibility index (Phi) is 10.0. The lowest BCUT2D eigenvalue weighted by Gasteiger charge is -2.27. The first-order chi connectivity index (χ1) is 17.6. The second-order valence-electron chi connectivity index (χ2n) is 10.4. The minimum absolute atomic E-state index is 0.00694. The highest BCUT2D eigenvalue weighted by atomic mass is 19.2. The van der Waals surface area contributed by atoms with Crippen molar-refractivity contribution >= 4 is 5.97 Å². The predicted octanol–water partition coefficient (Wildman–Crippen LogP) is 8.16. The number of ether oxygens (including phenoxy) is 3. The predicted molar refractivity (Wildman–Crippen MR) is 138 cm³/mol. The number of carbonyl (C=O) groups excluding carboxylic acids is 1. The molecule has 2 aliphatic rings. The van der Waals surface area contributed by atoms with Crippen molar-refractivity contribution < 1.29 is 32.2 Å². The van der Waals surface area contributed by atoms with Crippen LogP contribution >= 0.6 is 0 Å². The van der Waals surface area contributed by atoms with Crippen molar-refractivity contribution in [2.24, 2.45) is 17.8 Å². The molecule has 0 radical (unpaired) electrons. The molecule has 0 bridgehead atoms. The first-order valence-corrected chi connectivity index (χ1v) is 13.4. The van der Waals surface area contributed by atoms with Crippen molar-refractivity contribution in [1.82, 2.24) is 0 Å². The van der Waals surface area contributed by atoms with E-state index in [1.165, 1.54) is 6.07 Å². The van der Waals surface area contributed by atoms with E-state index in [4.69, 9.17) is 14.2 Å². The van der Waals surface area contributed by atoms with Gasteiger partial charge in [0.2, 0.25) is 11.6 Å². The van der Waals surface area contributed by atoms with Gasteiger partial charge in [0.25, 0.3) is 0 Å². The van der Waals surface area contributed by atoms with Gasteiger partial charge in [0.15, 0.2) is 23.1 Å². The Morgan fingerprint density at radius 3 is 2.46 bits per heavy atom. The number of benzene rings is 1. The molecule has 0 aromatic heterocycles. The Balaban J connectivity index is 1.75. The van der Waals surface area contributed by atoms with Gasteiger partial charge in [0.05, 0.1) is 18.6 Å². The Morgan fingerprint density at radius 1 is 1.16 bits per heavy atom. The van der Waals surface area contributed by atoms with Crippen molar-refractivity contribution in [3.63, 3.8) is 0 Å². The van der Waals surface area contributed by atoms with Crippen LogP contribution in [0.15, 0.2) is 42.0 Å². The average Bonchev–Trinajstić information content (AvgIpc) is 2.89. The van der Waals surface area contributed by atoms with Crippen LogP contribution in [0.2, 0.25) is 0 Å². The molecule has 0 spiro atoms. The van der Waals surface area contributed by atoms with Gasteiger partial charge in [-0.05, 0) is 62.2 Å². The summed E-state index contributed by atoms with van der Waals surface area (Å²) in [5, 5.41) is 0. The third-order valence-electron chi connectivity index (χ3n) is 7.50. The molecule has 3 rings (SSSR count). The van der Waals surface area contributed by atoms with Crippen LogP contribution < -0.4 is 9.47 Å². The molecule has 2 unspecified atom stereocenters. The Bertz CT molecular complexity index is 1050. The molecule has 1 saturated carbocycles. The van der Waals surface area contributed by atoms with Crippen LogP contribution in [0.1, 0.15) is 78.2 Å². The summed E-state index contributed by atoms with van der Waals surface area (Å²) in [6.45, 7) is 15.8. The topological polar surface area (TPSA) is 44.8 Å². The number of carbonyl (C=O) groups is 1. The van der Waals surface area contributed by atoms with Gasteiger partial charge in [-0.2, -0.15) is 8.78 Å². The van der Waals surface area contributed by atoms with E-state index in [0.717, 1.165) is 32.1 Å². The fourth-order valence-corrected chi connectivity index (χ4v) is 4.81. The fourth-order valence-electron chi connectivity index (χ4n) is 4.81. The van der Waals surface area contributed by atoms with E-state index in [2.05, 4.69) is 20.1 Å². The van der Waals surface area contributed by atoms with E-state index >= 15 is 8.78 Å². The second-order valence-corrected chi connectivity index (χ2v) is 10.4. The SMILES string of the molecule is C=C1Cc2cc(OC(=O)C3CCC(CCC)CC3)c(F)c(F)c2O/C1=C(\F)C(=C)C(C)COC(C)CC. The number of esters is 1. The van der Waals surface area contributed by atoms with E-state index in [1.54, 1.807) is 6.92 Å². The summed E-state index contributed by atoms with van der Waals surface area (Å²) in [5.41, 5.74) is 0.607. The van der Waals surface area contributed by atoms with Gasteiger partial charge in [-0.1, -0.05) is 46.8 Å². The van der Waals surface area contributed by atoms with Crippen LogP contribution in [0, 0.1) is 29.4 Å². The van der Waals surface area contributed by atoms with Gasteiger partial charge in [0, 0.05) is 17.9 Å². The monoisotopic (exact) mass is 520 g/mol. The highest BCUT2D eigenvalue weighted by Crippen LogP contribution is 2.42. The van der Waals surface area contributed by atoms with Crippen molar-refractivity contribution in [1.29, 1.82) is 0 Å². The van der Waals surface area contributed by atoms with Crippen molar-refractivity contribution in [2.75, 3.05) is 6.61 Å². The van der Waals surface area contributed by atoms with Crippen LogP contribution in [0.25, 0.3) is 0 Å². The highest BCUT2D eigenvalue weighted by Gasteiger charge is 2.33. The maximum atomic E-state index is 15.3. The third-order valence-corrected chi connectivity index (χ3v) is 7.50. The van der Waals surface area contributed by atoms with E-state index < -0.39 is 34.9 Å². The van der Waals surface area contributed by atoms with Crippen molar-refractivity contribution in [2.45, 2.75) is 85.2 Å². The van der Waals surface area contributed by atoms with Gasteiger partial charge in [0.1, 0.15) is 0 Å². The molecule has 1 heterocycles. The highest BCUT2D eigenvalue weighted by molar-refractivity contribution is 5.75. The molecule has 1 aromatic carbocycles. The summed E-state index contributed by atoms with van der Waals surface area (Å²) in [7, 11) is 0. The molecular weight excluding hydrogens is 481 g/mol. The number of halogens is 3. The molecule has 0 saturated heterocycles. The molecule has 204 valence electrons. The summed E-state index contributed by atoms with van der Waals surface area (Å²) in [5.74, 6) is -5.29. The molecule has 1 aliphatic carbocycles. The first kappa shape index (κ1) is 29.0. The number of hydrogen-bond donors (Lipinski definition) is 0. The molecule has 7 heteroatoms. The minimum Gasteiger partial charge on any atom is -0.450 e. The Hall–Kier alpha value is -2.54. The minimum atomic E-state index is -1.34. The van der Waals surface area contributed by atoms with Gasteiger partial charge < -0.3 is 14.2 Å². The molecule has 1 aliphatic heterocycles. The van der Waals surface area contributed by atoms with Gasteiger partial charge >= 0.3 is 5.97 Å². The summed E-state index contributed by atoms with van der Waals surface area (Å²) < 4.78 is 61.7. The maximum absolute atomic E-state index is 15.3. The van der Waals surface area contributed by atoms with Gasteiger partial charge in [-0.15, -0.1) is 0 Å². The van der Waals surface area contributed by atoms with Crippen LogP contribution in [0.4, 0.5) is 13.2 Å². The first-order valence-electron chi connectivity index (χ1n) is 13.4. The molecular formula is C30H39F3O4. The van der Waals surface area contributed by atoms with Gasteiger partial charge in [-0.25, -0.2) is 4.39 Å².